The van der Waals surface area contributed by atoms with E-state index in [4.69, 9.17) is 0 Å². The second-order valence-corrected chi connectivity index (χ2v) is 5.13. The Bertz CT molecular complexity index is 205. The zero-order chi connectivity index (χ0) is 9.14. The van der Waals surface area contributed by atoms with Crippen molar-refractivity contribution in [2.45, 2.75) is 18.6 Å². The monoisotopic (exact) mass is 189 g/mol. The lowest BCUT2D eigenvalue weighted by atomic mass is 10.4. The van der Waals surface area contributed by atoms with Crippen molar-refractivity contribution in [1.82, 2.24) is 4.90 Å². The van der Waals surface area contributed by atoms with Crippen LogP contribution in [-0.2, 0) is 15.6 Å². The number of likely N-dealkylation sites (tertiary alicyclic amines) is 1. The molecule has 0 saturated carbocycles. The van der Waals surface area contributed by atoms with Crippen LogP contribution >= 0.6 is 0 Å². The summed E-state index contributed by atoms with van der Waals surface area (Å²) in [5, 5.41) is 0.177. The van der Waals surface area contributed by atoms with E-state index < -0.39 is 10.8 Å². The van der Waals surface area contributed by atoms with Crippen LogP contribution in [0.25, 0.3) is 0 Å². The van der Waals surface area contributed by atoms with Gasteiger partial charge in [-0.15, -0.1) is 0 Å². The molecule has 0 amide bonds. The summed E-state index contributed by atoms with van der Waals surface area (Å²) < 4.78 is 11.0. The molecule has 1 saturated heterocycles. The molecule has 0 aromatic carbocycles. The van der Waals surface area contributed by atoms with E-state index in [9.17, 15) is 9.00 Å². The molecule has 0 aromatic rings. The molecule has 1 aliphatic heterocycles. The van der Waals surface area contributed by atoms with E-state index in [2.05, 4.69) is 4.90 Å². The SMILES string of the molecule is CC(CN1CCC(=O)C1)S(C)=O. The van der Waals surface area contributed by atoms with Gasteiger partial charge in [-0.05, 0) is 6.92 Å². The Morgan fingerprint density at radius 1 is 1.67 bits per heavy atom. The summed E-state index contributed by atoms with van der Waals surface area (Å²) in [5.74, 6) is 0.309. The van der Waals surface area contributed by atoms with E-state index in [-0.39, 0.29) is 5.25 Å². The smallest absolute Gasteiger partial charge is 0.148 e. The molecule has 70 valence electrons. The molecule has 1 aliphatic rings. The number of rotatable bonds is 3. The second kappa shape index (κ2) is 4.14. The minimum Gasteiger partial charge on any atom is -0.298 e. The van der Waals surface area contributed by atoms with Crippen LogP contribution in [0.2, 0.25) is 0 Å². The summed E-state index contributed by atoms with van der Waals surface area (Å²) in [7, 11) is -0.771. The van der Waals surface area contributed by atoms with Gasteiger partial charge in [0, 0.05) is 41.8 Å². The Labute approximate surface area is 75.6 Å². The van der Waals surface area contributed by atoms with E-state index in [0.29, 0.717) is 18.7 Å². The largest absolute Gasteiger partial charge is 0.298 e. The maximum absolute atomic E-state index is 11.0. The van der Waals surface area contributed by atoms with Crippen LogP contribution in [0.1, 0.15) is 13.3 Å². The van der Waals surface area contributed by atoms with Crippen molar-refractivity contribution < 1.29 is 9.00 Å². The fourth-order valence-corrected chi connectivity index (χ4v) is 1.74. The molecule has 12 heavy (non-hydrogen) atoms. The van der Waals surface area contributed by atoms with E-state index in [1.165, 1.54) is 0 Å². The maximum Gasteiger partial charge on any atom is 0.148 e. The van der Waals surface area contributed by atoms with Gasteiger partial charge >= 0.3 is 0 Å². The second-order valence-electron chi connectivity index (χ2n) is 3.33. The standard InChI is InChI=1S/C8H15NO2S/c1-7(12(2)11)5-9-4-3-8(10)6-9/h7H,3-6H2,1-2H3. The summed E-state index contributed by atoms with van der Waals surface area (Å²) in [6.45, 7) is 4.15. The van der Waals surface area contributed by atoms with Gasteiger partial charge in [-0.25, -0.2) is 0 Å². The molecule has 2 atom stereocenters. The summed E-state index contributed by atoms with van der Waals surface area (Å²) >= 11 is 0. The summed E-state index contributed by atoms with van der Waals surface area (Å²) in [6.07, 6.45) is 2.38. The number of nitrogens with zero attached hydrogens (tertiary/aromatic N) is 1. The lowest BCUT2D eigenvalue weighted by molar-refractivity contribution is -0.116. The summed E-state index contributed by atoms with van der Waals surface area (Å²) in [5.41, 5.74) is 0. The van der Waals surface area contributed by atoms with Crippen LogP contribution in [0, 0.1) is 0 Å². The first kappa shape index (κ1) is 9.86. The number of hydrogen-bond donors (Lipinski definition) is 0. The van der Waals surface area contributed by atoms with Gasteiger partial charge in [0.05, 0.1) is 6.54 Å². The molecule has 1 rings (SSSR count). The predicted octanol–water partition coefficient (Wildman–Crippen LogP) is 0.0282. The van der Waals surface area contributed by atoms with Crippen LogP contribution in [0.3, 0.4) is 0 Å². The molecular formula is C8H15NO2S. The number of Topliss-reactive ketones (excluding diaryl/α,β-unsaturated/α-hetero) is 1. The third-order valence-electron chi connectivity index (χ3n) is 2.19. The highest BCUT2D eigenvalue weighted by atomic mass is 32.2. The third-order valence-corrected chi connectivity index (χ3v) is 3.47. The van der Waals surface area contributed by atoms with Gasteiger partial charge in [0.25, 0.3) is 0 Å². The first-order valence-corrected chi connectivity index (χ1v) is 5.78. The van der Waals surface area contributed by atoms with Crippen molar-refractivity contribution in [3.8, 4) is 0 Å². The highest BCUT2D eigenvalue weighted by Gasteiger charge is 2.21. The van der Waals surface area contributed by atoms with Crippen molar-refractivity contribution in [1.29, 1.82) is 0 Å². The highest BCUT2D eigenvalue weighted by Crippen LogP contribution is 2.06. The zero-order valence-electron chi connectivity index (χ0n) is 7.58. The highest BCUT2D eigenvalue weighted by molar-refractivity contribution is 7.84. The third kappa shape index (κ3) is 2.68. The van der Waals surface area contributed by atoms with Crippen LogP contribution < -0.4 is 0 Å². The molecule has 0 bridgehead atoms. The molecule has 0 spiro atoms. The van der Waals surface area contributed by atoms with E-state index >= 15 is 0 Å². The summed E-state index contributed by atoms with van der Waals surface area (Å²) in [4.78, 5) is 13.0. The molecule has 4 heteroatoms. The number of carbonyl (C=O) groups excluding carboxylic acids is 1. The maximum atomic E-state index is 11.0. The number of hydrogen-bond acceptors (Lipinski definition) is 3. The van der Waals surface area contributed by atoms with Crippen molar-refractivity contribution >= 4 is 16.6 Å². The average Bonchev–Trinajstić information content (AvgIpc) is 2.35. The molecule has 0 aromatic heterocycles. The van der Waals surface area contributed by atoms with Crippen molar-refractivity contribution in [3.63, 3.8) is 0 Å². The van der Waals surface area contributed by atoms with Crippen molar-refractivity contribution in [2.75, 3.05) is 25.9 Å². The molecule has 0 radical (unpaired) electrons. The normalized spacial score (nSPS) is 24.3. The Morgan fingerprint density at radius 3 is 2.75 bits per heavy atom. The first-order valence-electron chi connectivity index (χ1n) is 4.16. The quantitative estimate of drug-likeness (QED) is 0.628. The number of carbonyl (C=O) groups is 1. The summed E-state index contributed by atoms with van der Waals surface area (Å²) in [6, 6.07) is 0. The fourth-order valence-electron chi connectivity index (χ4n) is 1.31. The van der Waals surface area contributed by atoms with E-state index in [1.54, 1.807) is 6.26 Å². The van der Waals surface area contributed by atoms with Gasteiger partial charge in [0.15, 0.2) is 0 Å². The van der Waals surface area contributed by atoms with Crippen LogP contribution in [0.4, 0.5) is 0 Å². The predicted molar refractivity (Wildman–Crippen MR) is 49.6 cm³/mol. The van der Waals surface area contributed by atoms with Crippen LogP contribution in [0.5, 0.6) is 0 Å². The molecule has 0 N–H and O–H groups in total. The van der Waals surface area contributed by atoms with Crippen LogP contribution in [-0.4, -0.2) is 46.0 Å². The van der Waals surface area contributed by atoms with Gasteiger partial charge in [-0.3, -0.25) is 13.9 Å². The lowest BCUT2D eigenvalue weighted by Crippen LogP contribution is -2.31. The number of ketones is 1. The Hall–Kier alpha value is -0.220. The first-order chi connectivity index (χ1) is 5.59. The van der Waals surface area contributed by atoms with Gasteiger partial charge in [0.1, 0.15) is 5.78 Å². The zero-order valence-corrected chi connectivity index (χ0v) is 8.39. The minimum absolute atomic E-state index is 0.177. The topological polar surface area (TPSA) is 37.4 Å². The molecular weight excluding hydrogens is 174 g/mol. The van der Waals surface area contributed by atoms with Gasteiger partial charge in [-0.1, -0.05) is 0 Å². The molecule has 2 unspecified atom stereocenters. The molecule has 0 aliphatic carbocycles. The van der Waals surface area contributed by atoms with Crippen molar-refractivity contribution in [3.05, 3.63) is 0 Å². The fraction of sp³-hybridized carbons (Fsp3) is 0.875. The molecule has 1 heterocycles. The minimum atomic E-state index is -0.771. The van der Waals surface area contributed by atoms with E-state index in [1.807, 2.05) is 6.92 Å². The van der Waals surface area contributed by atoms with Crippen molar-refractivity contribution in [2.24, 2.45) is 0 Å². The van der Waals surface area contributed by atoms with E-state index in [0.717, 1.165) is 13.1 Å². The Balaban J connectivity index is 2.32. The van der Waals surface area contributed by atoms with Gasteiger partial charge < -0.3 is 0 Å². The Morgan fingerprint density at radius 2 is 2.33 bits per heavy atom. The van der Waals surface area contributed by atoms with Crippen LogP contribution in [0.15, 0.2) is 0 Å². The molecule has 3 nitrogen and oxygen atoms in total. The average molecular weight is 189 g/mol. The van der Waals surface area contributed by atoms with Gasteiger partial charge in [-0.2, -0.15) is 0 Å². The van der Waals surface area contributed by atoms with Gasteiger partial charge in [0.2, 0.25) is 0 Å². The Kier molecular flexibility index (Phi) is 3.40. The lowest BCUT2D eigenvalue weighted by Gasteiger charge is -2.17. The molecule has 1 fully saturated rings.